The second kappa shape index (κ2) is 6.91. The minimum atomic E-state index is 0.241. The number of nitrogen functional groups attached to an aromatic ring is 1. The fraction of sp³-hybridized carbons (Fsp3) is 0.0870. The van der Waals surface area contributed by atoms with Gasteiger partial charge in [0.25, 0.3) is 0 Å². The van der Waals surface area contributed by atoms with E-state index in [-0.39, 0.29) is 5.95 Å². The Morgan fingerprint density at radius 2 is 1.86 bits per heavy atom. The lowest BCUT2D eigenvalue weighted by Gasteiger charge is -2.10. The van der Waals surface area contributed by atoms with E-state index in [1.54, 1.807) is 19.4 Å². The average molecular weight is 381 g/mol. The maximum Gasteiger partial charge on any atom is 0.221 e. The summed E-state index contributed by atoms with van der Waals surface area (Å²) in [6.07, 6.45) is 1.63. The van der Waals surface area contributed by atoms with Crippen LogP contribution in [0.15, 0.2) is 71.9 Å². The Bertz CT molecular complexity index is 1270. The number of anilines is 3. The van der Waals surface area contributed by atoms with Crippen LogP contribution in [0.25, 0.3) is 10.8 Å². The quantitative estimate of drug-likeness (QED) is 0.550. The van der Waals surface area contributed by atoms with E-state index in [1.165, 1.54) is 10.9 Å². The fourth-order valence-electron chi connectivity index (χ4n) is 3.60. The van der Waals surface area contributed by atoms with Gasteiger partial charge >= 0.3 is 0 Å². The van der Waals surface area contributed by atoms with E-state index in [4.69, 9.17) is 15.5 Å². The van der Waals surface area contributed by atoms with Crippen molar-refractivity contribution in [3.05, 3.63) is 83.6 Å². The van der Waals surface area contributed by atoms with E-state index in [2.05, 4.69) is 51.7 Å². The summed E-state index contributed by atoms with van der Waals surface area (Å²) in [5, 5.41) is 5.59. The fourth-order valence-corrected chi connectivity index (χ4v) is 3.60. The summed E-state index contributed by atoms with van der Waals surface area (Å²) in [6, 6.07) is 20.5. The molecule has 5 rings (SSSR count). The molecule has 3 aromatic carbocycles. The highest BCUT2D eigenvalue weighted by atomic mass is 16.5. The summed E-state index contributed by atoms with van der Waals surface area (Å²) >= 11 is 0. The Labute approximate surface area is 168 Å². The molecule has 0 radical (unpaired) electrons. The third-order valence-electron chi connectivity index (χ3n) is 5.04. The standard InChI is InChI=1S/C23H19N5O/c1-29-19-7-5-14-2-3-15(10-17(14)11-19)22-20-12-18(6-4-16(20)13-26-22)27-21-8-9-25-23(24)28-21/h2-12H,13H2,1H3,(H3,24,25,27,28). The predicted molar refractivity (Wildman–Crippen MR) is 116 cm³/mol. The lowest BCUT2D eigenvalue weighted by Crippen LogP contribution is -2.03. The van der Waals surface area contributed by atoms with Gasteiger partial charge in [-0.2, -0.15) is 4.98 Å². The molecular weight excluding hydrogens is 362 g/mol. The van der Waals surface area contributed by atoms with E-state index in [0.717, 1.165) is 33.7 Å². The molecule has 6 nitrogen and oxygen atoms in total. The van der Waals surface area contributed by atoms with E-state index >= 15 is 0 Å². The first kappa shape index (κ1) is 17.2. The van der Waals surface area contributed by atoms with Gasteiger partial charge in [-0.1, -0.05) is 24.3 Å². The first-order valence-corrected chi connectivity index (χ1v) is 9.31. The second-order valence-corrected chi connectivity index (χ2v) is 6.89. The Kier molecular flexibility index (Phi) is 4.09. The molecule has 4 aromatic rings. The van der Waals surface area contributed by atoms with Gasteiger partial charge in [-0.15, -0.1) is 0 Å². The lowest BCUT2D eigenvalue weighted by atomic mass is 9.97. The summed E-state index contributed by atoms with van der Waals surface area (Å²) in [7, 11) is 1.68. The minimum absolute atomic E-state index is 0.241. The second-order valence-electron chi connectivity index (χ2n) is 6.89. The first-order valence-electron chi connectivity index (χ1n) is 9.31. The number of hydrogen-bond acceptors (Lipinski definition) is 6. The maximum absolute atomic E-state index is 5.68. The lowest BCUT2D eigenvalue weighted by molar-refractivity contribution is 0.415. The number of hydrogen-bond donors (Lipinski definition) is 2. The van der Waals surface area contributed by atoms with Crippen LogP contribution >= 0.6 is 0 Å². The monoisotopic (exact) mass is 381 g/mol. The average Bonchev–Trinajstić information content (AvgIpc) is 3.16. The molecule has 29 heavy (non-hydrogen) atoms. The van der Waals surface area contributed by atoms with Crippen molar-refractivity contribution < 1.29 is 4.74 Å². The van der Waals surface area contributed by atoms with Crippen molar-refractivity contribution in [2.45, 2.75) is 6.54 Å². The van der Waals surface area contributed by atoms with Crippen molar-refractivity contribution in [3.63, 3.8) is 0 Å². The normalized spacial score (nSPS) is 12.5. The van der Waals surface area contributed by atoms with Crippen LogP contribution in [0.5, 0.6) is 5.75 Å². The van der Waals surface area contributed by atoms with E-state index in [1.807, 2.05) is 18.2 Å². The highest BCUT2D eigenvalue weighted by Crippen LogP contribution is 2.29. The largest absolute Gasteiger partial charge is 0.497 e. The molecule has 0 fully saturated rings. The molecule has 0 atom stereocenters. The molecule has 142 valence electrons. The summed E-state index contributed by atoms with van der Waals surface area (Å²) in [6.45, 7) is 0.682. The Balaban J connectivity index is 1.50. The van der Waals surface area contributed by atoms with Crippen LogP contribution in [0, 0.1) is 0 Å². The van der Waals surface area contributed by atoms with Crippen molar-refractivity contribution >= 4 is 33.9 Å². The molecule has 2 heterocycles. The Morgan fingerprint density at radius 1 is 0.966 bits per heavy atom. The zero-order valence-electron chi connectivity index (χ0n) is 15.9. The molecule has 0 bridgehead atoms. The molecule has 0 aliphatic carbocycles. The number of aromatic nitrogens is 2. The maximum atomic E-state index is 5.68. The number of nitrogens with one attached hydrogen (secondary N) is 1. The predicted octanol–water partition coefficient (Wildman–Crippen LogP) is 4.32. The van der Waals surface area contributed by atoms with Crippen LogP contribution in [0.3, 0.4) is 0 Å². The van der Waals surface area contributed by atoms with Crippen molar-refractivity contribution in [2.75, 3.05) is 18.2 Å². The van der Waals surface area contributed by atoms with Crippen molar-refractivity contribution in [3.8, 4) is 5.75 Å². The zero-order chi connectivity index (χ0) is 19.8. The molecule has 1 aromatic heterocycles. The van der Waals surface area contributed by atoms with E-state index in [9.17, 15) is 0 Å². The molecule has 0 saturated carbocycles. The van der Waals surface area contributed by atoms with Gasteiger partial charge in [-0.05, 0) is 52.7 Å². The highest BCUT2D eigenvalue weighted by Gasteiger charge is 2.18. The van der Waals surface area contributed by atoms with E-state index in [0.29, 0.717) is 12.4 Å². The topological polar surface area (TPSA) is 85.4 Å². The number of benzene rings is 3. The van der Waals surface area contributed by atoms with Gasteiger partial charge in [-0.25, -0.2) is 4.98 Å². The highest BCUT2D eigenvalue weighted by molar-refractivity contribution is 6.16. The zero-order valence-corrected chi connectivity index (χ0v) is 15.9. The Morgan fingerprint density at radius 3 is 2.72 bits per heavy atom. The van der Waals surface area contributed by atoms with Crippen LogP contribution in [0.4, 0.5) is 17.5 Å². The molecule has 3 N–H and O–H groups in total. The third kappa shape index (κ3) is 3.25. The Hall–Kier alpha value is -3.93. The molecular formula is C23H19N5O. The third-order valence-corrected chi connectivity index (χ3v) is 5.04. The number of methoxy groups -OCH3 is 1. The summed E-state index contributed by atoms with van der Waals surface area (Å²) < 4.78 is 5.37. The number of fused-ring (bicyclic) bond motifs is 2. The van der Waals surface area contributed by atoms with Gasteiger partial charge in [0, 0.05) is 23.0 Å². The molecule has 1 aliphatic heterocycles. The van der Waals surface area contributed by atoms with Gasteiger partial charge in [0.05, 0.1) is 19.4 Å². The number of rotatable bonds is 4. The molecule has 0 saturated heterocycles. The van der Waals surface area contributed by atoms with Gasteiger partial charge in [0.1, 0.15) is 11.6 Å². The van der Waals surface area contributed by atoms with Gasteiger partial charge in [-0.3, -0.25) is 4.99 Å². The molecule has 0 spiro atoms. The van der Waals surface area contributed by atoms with Crippen LogP contribution in [-0.4, -0.2) is 22.8 Å². The molecule has 0 amide bonds. The van der Waals surface area contributed by atoms with E-state index < -0.39 is 0 Å². The van der Waals surface area contributed by atoms with Crippen LogP contribution < -0.4 is 15.8 Å². The smallest absolute Gasteiger partial charge is 0.221 e. The summed E-state index contributed by atoms with van der Waals surface area (Å²) in [4.78, 5) is 12.9. The van der Waals surface area contributed by atoms with Crippen LogP contribution in [0.1, 0.15) is 16.7 Å². The van der Waals surface area contributed by atoms with Gasteiger partial charge < -0.3 is 15.8 Å². The minimum Gasteiger partial charge on any atom is -0.497 e. The molecule has 0 unspecified atom stereocenters. The van der Waals surface area contributed by atoms with Crippen molar-refractivity contribution in [2.24, 2.45) is 4.99 Å². The number of nitrogens with zero attached hydrogens (tertiary/aromatic N) is 3. The summed E-state index contributed by atoms with van der Waals surface area (Å²) in [5.74, 6) is 1.75. The number of nitrogens with two attached hydrogens (primary N) is 1. The SMILES string of the molecule is COc1ccc2ccc(C3=NCc4ccc(Nc5ccnc(N)n5)cc43)cc2c1. The van der Waals surface area contributed by atoms with Gasteiger partial charge in [0.15, 0.2) is 0 Å². The molecule has 6 heteroatoms. The van der Waals surface area contributed by atoms with Crippen molar-refractivity contribution in [1.82, 2.24) is 9.97 Å². The van der Waals surface area contributed by atoms with Crippen LogP contribution in [-0.2, 0) is 6.54 Å². The first-order chi connectivity index (χ1) is 14.2. The number of ether oxygens (including phenoxy) is 1. The molecule has 1 aliphatic rings. The number of aliphatic imine (C=N–C) groups is 1. The summed E-state index contributed by atoms with van der Waals surface area (Å²) in [5.41, 5.74) is 11.0. The van der Waals surface area contributed by atoms with Crippen molar-refractivity contribution in [1.29, 1.82) is 0 Å². The van der Waals surface area contributed by atoms with Crippen LogP contribution in [0.2, 0.25) is 0 Å². The van der Waals surface area contributed by atoms with Gasteiger partial charge in [0.2, 0.25) is 5.95 Å².